The van der Waals surface area contributed by atoms with Crippen molar-refractivity contribution in [2.75, 3.05) is 25.5 Å². The number of aliphatic hydroxyl groups is 2. The Morgan fingerprint density at radius 3 is 2.47 bits per heavy atom. The molecule has 4 unspecified atom stereocenters. The SMILES string of the molecule is CC(=O)c1ccc[n+](C2C[C@@H](COP(=O)(O)OP(=O)(O)OC[C@H]3OC(n4cnc5c(N)ncnc54)[C@H](O)[C@@H]3O)N(C(=O)OC(C)(C)C)C2)c1. The van der Waals surface area contributed by atoms with Crippen molar-refractivity contribution < 1.29 is 66.1 Å². The molecule has 3 aromatic rings. The number of phosphoric acid groups is 2. The second-order valence-corrected chi connectivity index (χ2v) is 15.6. The van der Waals surface area contributed by atoms with Gasteiger partial charge in [-0.1, -0.05) is 0 Å². The number of ether oxygens (including phenoxy) is 2. The van der Waals surface area contributed by atoms with Crippen molar-refractivity contribution >= 4 is 44.5 Å². The van der Waals surface area contributed by atoms with Crippen LogP contribution < -0.4 is 10.3 Å². The molecule has 268 valence electrons. The molecule has 0 aliphatic carbocycles. The van der Waals surface area contributed by atoms with Crippen LogP contribution in [0.15, 0.2) is 37.2 Å². The van der Waals surface area contributed by atoms with E-state index in [9.17, 15) is 38.7 Å². The fourth-order valence-corrected chi connectivity index (χ4v) is 7.53. The zero-order valence-electron chi connectivity index (χ0n) is 26.9. The first kappa shape index (κ1) is 36.9. The maximum atomic E-state index is 13.1. The van der Waals surface area contributed by atoms with Gasteiger partial charge in [-0.25, -0.2) is 28.9 Å². The van der Waals surface area contributed by atoms with E-state index in [1.807, 2.05) is 0 Å². The highest BCUT2D eigenvalue weighted by Crippen LogP contribution is 2.60. The molecule has 2 aliphatic heterocycles. The topological polar surface area (TPSA) is 272 Å². The van der Waals surface area contributed by atoms with Crippen molar-refractivity contribution in [2.24, 2.45) is 0 Å². The molecule has 0 radical (unpaired) electrons. The number of aromatic nitrogens is 5. The van der Waals surface area contributed by atoms with Crippen LogP contribution in [0.3, 0.4) is 0 Å². The van der Waals surface area contributed by atoms with Gasteiger partial charge in [-0.3, -0.25) is 23.3 Å². The van der Waals surface area contributed by atoms with Crippen LogP contribution in [0.4, 0.5) is 10.6 Å². The van der Waals surface area contributed by atoms with Crippen molar-refractivity contribution in [1.82, 2.24) is 24.4 Å². The van der Waals surface area contributed by atoms with Crippen LogP contribution in [0.25, 0.3) is 11.2 Å². The Labute approximate surface area is 279 Å². The Kier molecular flexibility index (Phi) is 10.6. The summed E-state index contributed by atoms with van der Waals surface area (Å²) in [6, 6.07) is 2.08. The molecule has 0 saturated carbocycles. The summed E-state index contributed by atoms with van der Waals surface area (Å²) in [6.07, 6.45) is -0.666. The third kappa shape index (κ3) is 8.67. The lowest BCUT2D eigenvalue weighted by molar-refractivity contribution is -0.719. The fraction of sp³-hybridized carbons (Fsp3) is 0.556. The summed E-state index contributed by atoms with van der Waals surface area (Å²) in [5, 5.41) is 21.1. The van der Waals surface area contributed by atoms with E-state index in [0.717, 1.165) is 6.33 Å². The molecule has 22 heteroatoms. The van der Waals surface area contributed by atoms with Crippen molar-refractivity contribution in [2.45, 2.75) is 76.3 Å². The van der Waals surface area contributed by atoms with E-state index in [4.69, 9.17) is 24.3 Å². The van der Waals surface area contributed by atoms with E-state index in [1.165, 1.54) is 22.7 Å². The summed E-state index contributed by atoms with van der Waals surface area (Å²) in [5.74, 6) is -0.0999. The van der Waals surface area contributed by atoms with Crippen LogP contribution in [0.2, 0.25) is 0 Å². The van der Waals surface area contributed by atoms with Gasteiger partial charge in [0.25, 0.3) is 0 Å². The van der Waals surface area contributed by atoms with Gasteiger partial charge in [0.1, 0.15) is 35.8 Å². The number of rotatable bonds is 11. The van der Waals surface area contributed by atoms with Gasteiger partial charge in [0, 0.05) is 12.5 Å². The standard InChI is InChI=1S/C27H37N7O13P2/c1-15(35)16-6-5-7-32(9-16)17-8-18(33(10-17)26(38)46-27(2,3)4)11-43-48(39,40)47-49(41,42)44-12-19-21(36)22(37)25(45-19)34-14-31-20-23(28)29-13-30-24(20)34/h5-7,9,13-14,17-19,21-22,25,36-37H,8,10-12H2,1-4H3,(H3-,28,29,30,39,40,41,42)/p+1/t17?,18-,19+,21+,22+,25?/m0/s1. The Bertz CT molecular complexity index is 1800. The maximum absolute atomic E-state index is 13.1. The number of nitrogens with two attached hydrogens (primary N) is 1. The summed E-state index contributed by atoms with van der Waals surface area (Å²) >= 11 is 0. The maximum Gasteiger partial charge on any atom is 0.481 e. The van der Waals surface area contributed by atoms with Crippen molar-refractivity contribution in [3.8, 4) is 0 Å². The molecule has 5 heterocycles. The Hall–Kier alpha value is -3.42. The van der Waals surface area contributed by atoms with Gasteiger partial charge in [-0.2, -0.15) is 8.88 Å². The zero-order valence-corrected chi connectivity index (χ0v) is 28.7. The predicted molar refractivity (Wildman–Crippen MR) is 165 cm³/mol. The average molecular weight is 731 g/mol. The highest BCUT2D eigenvalue weighted by Gasteiger charge is 2.47. The number of nitrogen functional groups attached to an aromatic ring is 1. The second kappa shape index (κ2) is 14.1. The van der Waals surface area contributed by atoms with Crippen LogP contribution in [0.1, 0.15) is 56.7 Å². The Balaban J connectivity index is 1.21. The Morgan fingerprint density at radius 2 is 1.80 bits per heavy atom. The minimum Gasteiger partial charge on any atom is -0.444 e. The van der Waals surface area contributed by atoms with Gasteiger partial charge < -0.3 is 35.2 Å². The number of imidazole rings is 1. The number of hydrogen-bond donors (Lipinski definition) is 5. The predicted octanol–water partition coefficient (Wildman–Crippen LogP) is 1.02. The summed E-state index contributed by atoms with van der Waals surface area (Å²) in [5.41, 5.74) is 5.76. The number of hydrogen-bond acceptors (Lipinski definition) is 15. The van der Waals surface area contributed by atoms with E-state index in [0.29, 0.717) is 5.56 Å². The molecular weight excluding hydrogens is 692 g/mol. The minimum atomic E-state index is -5.35. The normalized spacial score (nSPS) is 26.8. The first-order valence-corrected chi connectivity index (χ1v) is 17.9. The Morgan fingerprint density at radius 1 is 1.10 bits per heavy atom. The number of Topliss-reactive ketones (excluding diaryl/α,β-unsaturated/α-hetero) is 1. The van der Waals surface area contributed by atoms with E-state index in [2.05, 4.69) is 19.3 Å². The first-order chi connectivity index (χ1) is 22.8. The highest BCUT2D eigenvalue weighted by atomic mass is 31.3. The number of phosphoric ester groups is 2. The quantitative estimate of drug-likeness (QED) is 0.105. The van der Waals surface area contributed by atoms with E-state index in [1.54, 1.807) is 49.9 Å². The number of carbonyl (C=O) groups excluding carboxylic acids is 2. The van der Waals surface area contributed by atoms with Gasteiger partial charge >= 0.3 is 21.7 Å². The molecule has 2 aliphatic rings. The van der Waals surface area contributed by atoms with Crippen LogP contribution in [0.5, 0.6) is 0 Å². The summed E-state index contributed by atoms with van der Waals surface area (Å²) in [7, 11) is -10.7. The molecule has 6 N–H and O–H groups in total. The van der Waals surface area contributed by atoms with E-state index < -0.39 is 71.1 Å². The minimum absolute atomic E-state index is 0.0642. The number of amides is 1. The third-order valence-corrected chi connectivity index (χ3v) is 10.3. The van der Waals surface area contributed by atoms with Crippen LogP contribution in [-0.4, -0.2) is 106 Å². The molecule has 0 spiro atoms. The second-order valence-electron chi connectivity index (χ2n) is 12.5. The molecule has 20 nitrogen and oxygen atoms in total. The molecule has 5 rings (SSSR count). The first-order valence-electron chi connectivity index (χ1n) is 15.0. The number of aliphatic hydroxyl groups excluding tert-OH is 2. The lowest BCUT2D eigenvalue weighted by Crippen LogP contribution is -2.44. The number of carbonyl (C=O) groups is 2. The number of likely N-dealkylation sites (tertiary alicyclic amines) is 1. The lowest BCUT2D eigenvalue weighted by Gasteiger charge is -2.28. The van der Waals surface area contributed by atoms with Gasteiger partial charge in [0.15, 0.2) is 41.9 Å². The number of anilines is 1. The molecular formula is C27H38N7O13P2+. The van der Waals surface area contributed by atoms with Crippen LogP contribution in [-0.2, 0) is 32.0 Å². The summed E-state index contributed by atoms with van der Waals surface area (Å²) < 4.78 is 54.0. The van der Waals surface area contributed by atoms with Crippen molar-refractivity contribution in [3.05, 3.63) is 42.7 Å². The molecule has 8 atom stereocenters. The van der Waals surface area contributed by atoms with Crippen LogP contribution >= 0.6 is 15.6 Å². The van der Waals surface area contributed by atoms with Gasteiger partial charge in [-0.15, -0.1) is 0 Å². The molecule has 0 aromatic carbocycles. The van der Waals surface area contributed by atoms with E-state index >= 15 is 0 Å². The third-order valence-electron chi connectivity index (χ3n) is 7.71. The smallest absolute Gasteiger partial charge is 0.444 e. The lowest BCUT2D eigenvalue weighted by atomic mass is 10.1. The average Bonchev–Trinajstić information content (AvgIpc) is 3.71. The number of fused-ring (bicyclic) bond motifs is 1. The highest BCUT2D eigenvalue weighted by molar-refractivity contribution is 7.61. The summed E-state index contributed by atoms with van der Waals surface area (Å²) in [6.45, 7) is 5.06. The monoisotopic (exact) mass is 730 g/mol. The van der Waals surface area contributed by atoms with Gasteiger partial charge in [0.05, 0.1) is 37.7 Å². The van der Waals surface area contributed by atoms with Crippen LogP contribution in [0, 0.1) is 0 Å². The van der Waals surface area contributed by atoms with Crippen molar-refractivity contribution in [1.29, 1.82) is 0 Å². The zero-order chi connectivity index (χ0) is 35.9. The van der Waals surface area contributed by atoms with E-state index in [-0.39, 0.29) is 41.8 Å². The molecule has 2 saturated heterocycles. The molecule has 1 amide bonds. The largest absolute Gasteiger partial charge is 0.481 e. The molecule has 3 aromatic heterocycles. The number of pyridine rings is 1. The van der Waals surface area contributed by atoms with Crippen molar-refractivity contribution in [3.63, 3.8) is 0 Å². The number of ketones is 1. The van der Waals surface area contributed by atoms with Gasteiger partial charge in [-0.05, 0) is 33.8 Å². The molecule has 49 heavy (non-hydrogen) atoms. The van der Waals surface area contributed by atoms with Gasteiger partial charge in [0.2, 0.25) is 0 Å². The summed E-state index contributed by atoms with van der Waals surface area (Å²) in [4.78, 5) is 58.8. The molecule has 0 bridgehead atoms. The molecule has 2 fully saturated rings. The fourth-order valence-electron chi connectivity index (χ4n) is 5.42. The number of nitrogens with zero attached hydrogens (tertiary/aromatic N) is 6.